The first-order valence-electron chi connectivity index (χ1n) is 10.3. The lowest BCUT2D eigenvalue weighted by molar-refractivity contribution is -0.120. The molecule has 2 N–H and O–H groups in total. The number of benzene rings is 1. The van der Waals surface area contributed by atoms with Crippen molar-refractivity contribution in [1.29, 1.82) is 0 Å². The molecule has 168 valence electrons. The summed E-state index contributed by atoms with van der Waals surface area (Å²) < 4.78 is 12.5. The van der Waals surface area contributed by atoms with Crippen molar-refractivity contribution in [3.05, 3.63) is 36.2 Å². The highest BCUT2D eigenvalue weighted by molar-refractivity contribution is 5.98. The van der Waals surface area contributed by atoms with Crippen LogP contribution in [0.15, 0.2) is 35.6 Å². The van der Waals surface area contributed by atoms with E-state index in [1.54, 1.807) is 22.9 Å². The Bertz CT molecular complexity index is 913. The van der Waals surface area contributed by atoms with Gasteiger partial charge in [-0.05, 0) is 24.6 Å². The summed E-state index contributed by atoms with van der Waals surface area (Å²) in [6.07, 6.45) is 3.54. The number of nitrogens with zero attached hydrogens (tertiary/aromatic N) is 5. The van der Waals surface area contributed by atoms with Crippen LogP contribution in [-0.4, -0.2) is 78.2 Å². The van der Waals surface area contributed by atoms with Gasteiger partial charge in [0.05, 0.1) is 32.1 Å². The molecular weight excluding hydrogens is 400 g/mol. The van der Waals surface area contributed by atoms with Crippen LogP contribution in [-0.2, 0) is 18.4 Å². The minimum atomic E-state index is -0.0615. The number of aromatic nitrogens is 2. The molecule has 0 atom stereocenters. The van der Waals surface area contributed by atoms with Crippen LogP contribution < -0.4 is 19.7 Å². The number of amides is 1. The molecule has 1 aliphatic heterocycles. The molecule has 0 spiro atoms. The number of anilines is 1. The Kier molecular flexibility index (Phi) is 7.71. The van der Waals surface area contributed by atoms with Crippen molar-refractivity contribution in [3.8, 4) is 11.5 Å². The zero-order chi connectivity index (χ0) is 22.2. The van der Waals surface area contributed by atoms with Gasteiger partial charge in [-0.15, -0.1) is 0 Å². The number of ether oxygens (including phenoxy) is 2. The van der Waals surface area contributed by atoms with E-state index < -0.39 is 0 Å². The molecule has 10 heteroatoms. The maximum Gasteiger partial charge on any atom is 0.246 e. The average molecular weight is 431 g/mol. The Balaban J connectivity index is 1.68. The van der Waals surface area contributed by atoms with Crippen LogP contribution in [0.3, 0.4) is 0 Å². The maximum absolute atomic E-state index is 12.7. The molecule has 1 aromatic carbocycles. The number of rotatable bonds is 8. The lowest BCUT2D eigenvalue weighted by Gasteiger charge is -2.35. The van der Waals surface area contributed by atoms with Crippen molar-refractivity contribution in [2.24, 2.45) is 12.0 Å². The van der Waals surface area contributed by atoms with Gasteiger partial charge in [-0.3, -0.25) is 9.48 Å². The highest BCUT2D eigenvalue weighted by atomic mass is 16.5. The van der Waals surface area contributed by atoms with Gasteiger partial charge >= 0.3 is 0 Å². The molecule has 1 aromatic heterocycles. The van der Waals surface area contributed by atoms with Crippen molar-refractivity contribution in [3.63, 3.8) is 0 Å². The van der Waals surface area contributed by atoms with E-state index in [-0.39, 0.29) is 25.7 Å². The minimum absolute atomic E-state index is 0.0110. The molecule has 2 aromatic rings. The molecule has 0 unspecified atom stereocenters. The van der Waals surface area contributed by atoms with Gasteiger partial charge in [-0.2, -0.15) is 5.10 Å². The number of piperazine rings is 1. The molecular formula is C21H30N6O4. The molecule has 10 nitrogen and oxygen atoms in total. The highest BCUT2D eigenvalue weighted by Crippen LogP contribution is 2.28. The fourth-order valence-corrected chi connectivity index (χ4v) is 3.35. The number of methoxy groups -OCH3 is 1. The number of hydrogen-bond acceptors (Lipinski definition) is 6. The van der Waals surface area contributed by atoms with E-state index in [2.05, 4.69) is 10.4 Å². The van der Waals surface area contributed by atoms with E-state index in [9.17, 15) is 4.79 Å². The molecule has 0 bridgehead atoms. The summed E-state index contributed by atoms with van der Waals surface area (Å²) >= 11 is 0. The van der Waals surface area contributed by atoms with Gasteiger partial charge in [0.25, 0.3) is 0 Å². The van der Waals surface area contributed by atoms with E-state index in [4.69, 9.17) is 19.6 Å². The number of carbonyl (C=O) groups is 1. The average Bonchev–Trinajstić information content (AvgIpc) is 3.21. The van der Waals surface area contributed by atoms with Gasteiger partial charge in [0.1, 0.15) is 13.2 Å². The third kappa shape index (κ3) is 5.66. The van der Waals surface area contributed by atoms with Crippen molar-refractivity contribution < 1.29 is 19.4 Å². The van der Waals surface area contributed by atoms with Crippen molar-refractivity contribution in [2.75, 3.05) is 51.4 Å². The van der Waals surface area contributed by atoms with Gasteiger partial charge in [0.15, 0.2) is 17.5 Å². The van der Waals surface area contributed by atoms with Crippen molar-refractivity contribution in [1.82, 2.24) is 20.0 Å². The zero-order valence-corrected chi connectivity index (χ0v) is 18.2. The summed E-state index contributed by atoms with van der Waals surface area (Å²) in [6, 6.07) is 5.58. The summed E-state index contributed by atoms with van der Waals surface area (Å²) in [5.74, 6) is 1.87. The minimum Gasteiger partial charge on any atom is -0.493 e. The van der Waals surface area contributed by atoms with E-state index in [1.807, 2.05) is 43.3 Å². The Labute approximate surface area is 182 Å². The molecule has 0 aliphatic carbocycles. The lowest BCUT2D eigenvalue weighted by Crippen LogP contribution is -2.55. The predicted molar refractivity (Wildman–Crippen MR) is 118 cm³/mol. The highest BCUT2D eigenvalue weighted by Gasteiger charge is 2.27. The quantitative estimate of drug-likeness (QED) is 0.467. The third-order valence-corrected chi connectivity index (χ3v) is 4.85. The van der Waals surface area contributed by atoms with Crippen molar-refractivity contribution in [2.45, 2.75) is 13.5 Å². The van der Waals surface area contributed by atoms with E-state index in [1.165, 1.54) is 0 Å². The fourth-order valence-electron chi connectivity index (χ4n) is 3.35. The van der Waals surface area contributed by atoms with Gasteiger partial charge in [-0.25, -0.2) is 4.99 Å². The second kappa shape index (κ2) is 10.7. The van der Waals surface area contributed by atoms with Crippen LogP contribution in [0.5, 0.6) is 11.5 Å². The first-order chi connectivity index (χ1) is 15.0. The molecule has 1 fully saturated rings. The molecule has 1 aliphatic rings. The number of aliphatic hydroxyl groups is 1. The number of aliphatic imine (C=N–C) groups is 1. The number of nitrogens with one attached hydrogen (secondary N) is 1. The summed E-state index contributed by atoms with van der Waals surface area (Å²) in [6.45, 7) is 4.76. The first kappa shape index (κ1) is 22.4. The third-order valence-electron chi connectivity index (χ3n) is 4.85. The van der Waals surface area contributed by atoms with Gasteiger partial charge in [-0.1, -0.05) is 6.07 Å². The Morgan fingerprint density at radius 3 is 2.81 bits per heavy atom. The molecule has 1 amide bonds. The number of aryl methyl sites for hydroxylation is 1. The predicted octanol–water partition coefficient (Wildman–Crippen LogP) is 0.614. The van der Waals surface area contributed by atoms with Gasteiger partial charge in [0.2, 0.25) is 5.91 Å². The fraction of sp³-hybridized carbons (Fsp3) is 0.476. The first-order valence-corrected chi connectivity index (χ1v) is 10.3. The van der Waals surface area contributed by atoms with Crippen LogP contribution in [0.1, 0.15) is 12.5 Å². The van der Waals surface area contributed by atoms with Crippen LogP contribution >= 0.6 is 0 Å². The Hall–Kier alpha value is -3.27. The van der Waals surface area contributed by atoms with Gasteiger partial charge in [0, 0.05) is 32.9 Å². The van der Waals surface area contributed by atoms with Crippen LogP contribution in [0.4, 0.5) is 5.69 Å². The standard InChI is InChI=1S/C21H30N6O4/c1-4-22-21(23-12-16-5-6-18(31-10-9-28)19(11-16)30-3)26-7-8-27(20(29)15-26)17-13-24-25(2)14-17/h5-6,11,13-14,28H,4,7-10,12,15H2,1-3H3,(H,22,23). The van der Waals surface area contributed by atoms with Crippen LogP contribution in [0.2, 0.25) is 0 Å². The number of guanidine groups is 1. The largest absolute Gasteiger partial charge is 0.493 e. The summed E-state index contributed by atoms with van der Waals surface area (Å²) in [4.78, 5) is 21.2. The molecule has 3 rings (SSSR count). The maximum atomic E-state index is 12.7. The zero-order valence-electron chi connectivity index (χ0n) is 18.2. The monoisotopic (exact) mass is 430 g/mol. The second-order valence-electron chi connectivity index (χ2n) is 7.07. The second-order valence-corrected chi connectivity index (χ2v) is 7.07. The normalized spacial score (nSPS) is 14.7. The lowest BCUT2D eigenvalue weighted by atomic mass is 10.2. The van der Waals surface area contributed by atoms with E-state index >= 15 is 0 Å². The SMILES string of the molecule is CCNC(=NCc1ccc(OCCO)c(OC)c1)N1CCN(c2cnn(C)c2)C(=O)C1. The smallest absolute Gasteiger partial charge is 0.246 e. The molecule has 31 heavy (non-hydrogen) atoms. The Morgan fingerprint density at radius 2 is 2.16 bits per heavy atom. The molecule has 0 saturated carbocycles. The summed E-state index contributed by atoms with van der Waals surface area (Å²) in [5, 5.41) is 16.4. The van der Waals surface area contributed by atoms with Crippen molar-refractivity contribution >= 4 is 17.6 Å². The van der Waals surface area contributed by atoms with E-state index in [0.717, 1.165) is 11.3 Å². The summed E-state index contributed by atoms with van der Waals surface area (Å²) in [7, 11) is 3.41. The summed E-state index contributed by atoms with van der Waals surface area (Å²) in [5.41, 5.74) is 1.76. The Morgan fingerprint density at radius 1 is 1.32 bits per heavy atom. The number of aliphatic hydroxyl groups excluding tert-OH is 1. The van der Waals surface area contributed by atoms with Crippen LogP contribution in [0.25, 0.3) is 0 Å². The van der Waals surface area contributed by atoms with E-state index in [0.29, 0.717) is 43.6 Å². The molecule has 1 saturated heterocycles. The molecule has 0 radical (unpaired) electrons. The topological polar surface area (TPSA) is 104 Å². The number of hydrogen-bond donors (Lipinski definition) is 2. The molecule has 2 heterocycles. The van der Waals surface area contributed by atoms with Crippen LogP contribution in [0, 0.1) is 0 Å². The number of carbonyl (C=O) groups excluding carboxylic acids is 1. The van der Waals surface area contributed by atoms with Gasteiger partial charge < -0.3 is 29.7 Å².